The maximum Gasteiger partial charge on any atom is 0.134 e. The molecule has 13 heavy (non-hydrogen) atoms. The third-order valence-electron chi connectivity index (χ3n) is 2.09. The summed E-state index contributed by atoms with van der Waals surface area (Å²) < 4.78 is 5.33. The molecule has 1 heteroatoms. The maximum atomic E-state index is 5.33. The minimum Gasteiger partial charge on any atom is -0.464 e. The fourth-order valence-corrected chi connectivity index (χ4v) is 1.44. The van der Waals surface area contributed by atoms with Crippen molar-refractivity contribution in [2.24, 2.45) is 0 Å². The average Bonchev–Trinajstić information content (AvgIpc) is 2.58. The van der Waals surface area contributed by atoms with Crippen LogP contribution in [0, 0.1) is 6.92 Å². The summed E-state index contributed by atoms with van der Waals surface area (Å²) in [5.74, 6) is 0.954. The molecule has 0 aromatic heterocycles. The number of hydrogen-bond donors (Lipinski definition) is 0. The molecule has 0 aromatic rings. The van der Waals surface area contributed by atoms with Crippen molar-refractivity contribution < 1.29 is 4.42 Å². The molecule has 0 spiro atoms. The van der Waals surface area contributed by atoms with E-state index in [9.17, 15) is 0 Å². The van der Waals surface area contributed by atoms with Crippen LogP contribution >= 0.6 is 0 Å². The Labute approximate surface area is 78.0 Å². The van der Waals surface area contributed by atoms with E-state index < -0.39 is 0 Å². The van der Waals surface area contributed by atoms with Crippen LogP contribution in [-0.2, 0) is 6.42 Å². The SMILES string of the molecule is [CH2]C=CCc1ccc2occcc1-2. The minimum atomic E-state index is 0.923. The maximum absolute atomic E-state index is 5.33. The van der Waals surface area contributed by atoms with Crippen molar-refractivity contribution in [3.8, 4) is 11.3 Å². The lowest BCUT2D eigenvalue weighted by Crippen LogP contribution is -1.80. The standard InChI is InChI=1S/C12H11O/c1-2-3-5-10-7-8-12-11(10)6-4-9-13-12/h2-4,6-9H,1,5H2. The van der Waals surface area contributed by atoms with E-state index in [1.54, 1.807) is 6.26 Å². The third kappa shape index (κ3) is 1.50. The highest BCUT2D eigenvalue weighted by Crippen LogP contribution is 2.27. The highest BCUT2D eigenvalue weighted by atomic mass is 16.3. The van der Waals surface area contributed by atoms with Gasteiger partial charge in [-0.05, 0) is 37.1 Å². The van der Waals surface area contributed by atoms with Gasteiger partial charge in [-0.15, -0.1) is 0 Å². The van der Waals surface area contributed by atoms with Crippen LogP contribution < -0.4 is 0 Å². The zero-order chi connectivity index (χ0) is 9.10. The van der Waals surface area contributed by atoms with Gasteiger partial charge in [-0.25, -0.2) is 0 Å². The van der Waals surface area contributed by atoms with Gasteiger partial charge in [0.1, 0.15) is 5.76 Å². The number of fused-ring (bicyclic) bond motifs is 1. The summed E-state index contributed by atoms with van der Waals surface area (Å²) in [7, 11) is 0. The summed E-state index contributed by atoms with van der Waals surface area (Å²) in [6.07, 6.45) is 6.48. The first-order valence-electron chi connectivity index (χ1n) is 4.31. The first-order chi connectivity index (χ1) is 6.42. The molecule has 0 aromatic carbocycles. The van der Waals surface area contributed by atoms with Crippen molar-refractivity contribution in [2.75, 3.05) is 0 Å². The summed E-state index contributed by atoms with van der Waals surface area (Å²) in [4.78, 5) is 0. The second kappa shape index (κ2) is 3.48. The van der Waals surface area contributed by atoms with Crippen LogP contribution in [0.4, 0.5) is 0 Å². The zero-order valence-electron chi connectivity index (χ0n) is 7.36. The Bertz CT molecular complexity index is 384. The fourth-order valence-electron chi connectivity index (χ4n) is 1.44. The molecule has 0 saturated carbocycles. The van der Waals surface area contributed by atoms with Gasteiger partial charge in [0.15, 0.2) is 0 Å². The molecule has 0 atom stereocenters. The summed E-state index contributed by atoms with van der Waals surface area (Å²) in [5, 5.41) is 0. The van der Waals surface area contributed by atoms with Gasteiger partial charge in [-0.1, -0.05) is 18.2 Å². The Balaban J connectivity index is 2.37. The van der Waals surface area contributed by atoms with E-state index in [0.29, 0.717) is 0 Å². The minimum absolute atomic E-state index is 0.923. The van der Waals surface area contributed by atoms with Crippen LogP contribution in [0.5, 0.6) is 0 Å². The summed E-state index contributed by atoms with van der Waals surface area (Å²) >= 11 is 0. The molecular formula is C12H11O. The van der Waals surface area contributed by atoms with Crippen molar-refractivity contribution >= 4 is 0 Å². The van der Waals surface area contributed by atoms with Gasteiger partial charge in [0, 0.05) is 5.56 Å². The van der Waals surface area contributed by atoms with E-state index in [4.69, 9.17) is 4.42 Å². The van der Waals surface area contributed by atoms with Crippen molar-refractivity contribution in [2.45, 2.75) is 6.42 Å². The second-order valence-corrected chi connectivity index (χ2v) is 2.93. The van der Waals surface area contributed by atoms with E-state index in [-0.39, 0.29) is 0 Å². The highest BCUT2D eigenvalue weighted by molar-refractivity contribution is 5.65. The van der Waals surface area contributed by atoms with Crippen LogP contribution in [-0.4, -0.2) is 0 Å². The van der Waals surface area contributed by atoms with Crippen molar-refractivity contribution in [3.63, 3.8) is 0 Å². The first kappa shape index (κ1) is 8.11. The van der Waals surface area contributed by atoms with Gasteiger partial charge < -0.3 is 4.42 Å². The van der Waals surface area contributed by atoms with E-state index >= 15 is 0 Å². The lowest BCUT2D eigenvalue weighted by Gasteiger charge is -1.99. The number of hydrogen-bond acceptors (Lipinski definition) is 1. The number of rotatable bonds is 2. The van der Waals surface area contributed by atoms with Crippen LogP contribution in [0.1, 0.15) is 5.56 Å². The summed E-state index contributed by atoms with van der Waals surface area (Å²) in [6, 6.07) is 8.08. The van der Waals surface area contributed by atoms with Crippen LogP contribution in [0.15, 0.2) is 47.1 Å². The van der Waals surface area contributed by atoms with Gasteiger partial charge in [-0.3, -0.25) is 0 Å². The molecule has 0 unspecified atom stereocenters. The first-order valence-corrected chi connectivity index (χ1v) is 4.31. The molecule has 2 rings (SSSR count). The molecule has 1 aliphatic heterocycles. The Hall–Kier alpha value is -1.50. The molecule has 1 heterocycles. The molecule has 1 nitrogen and oxygen atoms in total. The van der Waals surface area contributed by atoms with Crippen LogP contribution in [0.2, 0.25) is 0 Å². The predicted octanol–water partition coefficient (Wildman–Crippen LogP) is 3.32. The molecule has 0 bridgehead atoms. The zero-order valence-corrected chi connectivity index (χ0v) is 7.36. The summed E-state index contributed by atoms with van der Waals surface area (Å²) in [5.41, 5.74) is 2.49. The van der Waals surface area contributed by atoms with Gasteiger partial charge in [0.05, 0.1) is 6.26 Å². The summed E-state index contributed by atoms with van der Waals surface area (Å²) in [6.45, 7) is 3.66. The smallest absolute Gasteiger partial charge is 0.134 e. The molecule has 2 aliphatic rings. The monoisotopic (exact) mass is 171 g/mol. The third-order valence-corrected chi connectivity index (χ3v) is 2.09. The van der Waals surface area contributed by atoms with E-state index in [1.807, 2.05) is 24.3 Å². The largest absolute Gasteiger partial charge is 0.464 e. The Morgan fingerprint density at radius 3 is 3.08 bits per heavy atom. The molecule has 0 saturated heterocycles. The lowest BCUT2D eigenvalue weighted by atomic mass is 10.1. The van der Waals surface area contributed by atoms with Gasteiger partial charge in [-0.2, -0.15) is 0 Å². The van der Waals surface area contributed by atoms with Crippen LogP contribution in [0.3, 0.4) is 0 Å². The van der Waals surface area contributed by atoms with Crippen LogP contribution in [0.25, 0.3) is 11.3 Å². The predicted molar refractivity (Wildman–Crippen MR) is 53.5 cm³/mol. The van der Waals surface area contributed by atoms with E-state index in [1.165, 1.54) is 11.1 Å². The second-order valence-electron chi connectivity index (χ2n) is 2.93. The number of allylic oxidation sites excluding steroid dienone is 2. The molecule has 0 N–H and O–H groups in total. The van der Waals surface area contributed by atoms with Crippen molar-refractivity contribution in [3.05, 3.63) is 55.2 Å². The fraction of sp³-hybridized carbons (Fsp3) is 0.0833. The normalized spacial score (nSPS) is 11.5. The lowest BCUT2D eigenvalue weighted by molar-refractivity contribution is 0.567. The van der Waals surface area contributed by atoms with Gasteiger partial charge >= 0.3 is 0 Å². The molecule has 1 aliphatic carbocycles. The van der Waals surface area contributed by atoms with Crippen molar-refractivity contribution in [1.82, 2.24) is 0 Å². The molecular weight excluding hydrogens is 160 g/mol. The van der Waals surface area contributed by atoms with Crippen molar-refractivity contribution in [1.29, 1.82) is 0 Å². The van der Waals surface area contributed by atoms with Gasteiger partial charge in [0.2, 0.25) is 0 Å². The molecule has 0 fully saturated rings. The molecule has 1 radical (unpaired) electrons. The Kier molecular flexibility index (Phi) is 2.17. The molecule has 0 amide bonds. The topological polar surface area (TPSA) is 13.1 Å². The van der Waals surface area contributed by atoms with E-state index in [0.717, 1.165) is 12.2 Å². The quantitative estimate of drug-likeness (QED) is 0.675. The Morgan fingerprint density at radius 1 is 1.31 bits per heavy atom. The highest BCUT2D eigenvalue weighted by Gasteiger charge is 2.08. The van der Waals surface area contributed by atoms with E-state index in [2.05, 4.69) is 19.1 Å². The average molecular weight is 171 g/mol. The molecule has 65 valence electrons. The Morgan fingerprint density at radius 2 is 2.23 bits per heavy atom. The van der Waals surface area contributed by atoms with Gasteiger partial charge in [0.25, 0.3) is 0 Å².